The van der Waals surface area contributed by atoms with Crippen molar-refractivity contribution in [2.24, 2.45) is 0 Å². The van der Waals surface area contributed by atoms with Crippen LogP contribution in [-0.2, 0) is 4.74 Å². The standard InChI is InChI=1S/C11H15ClF3N5O/c12-8-17-9(16-3-6-21-7-11(13,14)15)19-10(18-8)20-4-1-2-5-20/h1-7H2,(H,16,17,18,19). The second kappa shape index (κ2) is 7.08. The topological polar surface area (TPSA) is 63.2 Å². The summed E-state index contributed by atoms with van der Waals surface area (Å²) in [5.41, 5.74) is 0. The lowest BCUT2D eigenvalue weighted by Crippen LogP contribution is -2.23. The average Bonchev–Trinajstić information content (AvgIpc) is 2.90. The number of hydrogen-bond acceptors (Lipinski definition) is 6. The lowest BCUT2D eigenvalue weighted by Gasteiger charge is -2.15. The molecule has 1 saturated heterocycles. The normalized spacial score (nSPS) is 15.5. The zero-order valence-corrected chi connectivity index (χ0v) is 11.9. The maximum atomic E-state index is 11.9. The van der Waals surface area contributed by atoms with Gasteiger partial charge in [0.25, 0.3) is 0 Å². The van der Waals surface area contributed by atoms with Crippen molar-refractivity contribution in [3.8, 4) is 0 Å². The van der Waals surface area contributed by atoms with Gasteiger partial charge in [-0.2, -0.15) is 28.1 Å². The molecule has 1 aromatic heterocycles. The van der Waals surface area contributed by atoms with E-state index in [2.05, 4.69) is 25.0 Å². The van der Waals surface area contributed by atoms with Crippen LogP contribution in [0.15, 0.2) is 0 Å². The van der Waals surface area contributed by atoms with Crippen molar-refractivity contribution in [2.75, 3.05) is 43.1 Å². The van der Waals surface area contributed by atoms with Crippen molar-refractivity contribution in [3.63, 3.8) is 0 Å². The van der Waals surface area contributed by atoms with Crippen molar-refractivity contribution < 1.29 is 17.9 Å². The molecule has 0 atom stereocenters. The van der Waals surface area contributed by atoms with Gasteiger partial charge in [0.15, 0.2) is 0 Å². The molecule has 0 aromatic carbocycles. The molecule has 10 heteroatoms. The minimum atomic E-state index is -4.32. The molecule has 1 N–H and O–H groups in total. The lowest BCUT2D eigenvalue weighted by molar-refractivity contribution is -0.172. The second-order valence-electron chi connectivity index (χ2n) is 4.52. The van der Waals surface area contributed by atoms with Gasteiger partial charge in [0, 0.05) is 19.6 Å². The SMILES string of the molecule is FC(F)(F)COCCNc1nc(Cl)nc(N2CCCC2)n1. The summed E-state index contributed by atoms with van der Waals surface area (Å²) >= 11 is 5.82. The first-order valence-electron chi connectivity index (χ1n) is 6.49. The maximum Gasteiger partial charge on any atom is 0.411 e. The molecule has 0 aliphatic carbocycles. The van der Waals surface area contributed by atoms with Crippen LogP contribution >= 0.6 is 11.6 Å². The van der Waals surface area contributed by atoms with Crippen LogP contribution in [0.2, 0.25) is 5.28 Å². The first kappa shape index (κ1) is 16.0. The quantitative estimate of drug-likeness (QED) is 0.808. The minimum absolute atomic E-state index is 0.0469. The van der Waals surface area contributed by atoms with Crippen LogP contribution in [0, 0.1) is 0 Å². The highest BCUT2D eigenvalue weighted by atomic mass is 35.5. The fraction of sp³-hybridized carbons (Fsp3) is 0.727. The Morgan fingerprint density at radius 2 is 1.90 bits per heavy atom. The average molecular weight is 326 g/mol. The van der Waals surface area contributed by atoms with Gasteiger partial charge >= 0.3 is 6.18 Å². The summed E-state index contributed by atoms with van der Waals surface area (Å²) in [7, 11) is 0. The smallest absolute Gasteiger partial charge is 0.370 e. The molecule has 0 amide bonds. The van der Waals surface area contributed by atoms with Crippen LogP contribution in [-0.4, -0.2) is 54.0 Å². The van der Waals surface area contributed by atoms with E-state index in [1.54, 1.807) is 0 Å². The maximum absolute atomic E-state index is 11.9. The predicted octanol–water partition coefficient (Wildman–Crippen LogP) is 2.12. The number of rotatable bonds is 6. The fourth-order valence-electron chi connectivity index (χ4n) is 1.90. The van der Waals surface area contributed by atoms with Gasteiger partial charge in [-0.25, -0.2) is 0 Å². The highest BCUT2D eigenvalue weighted by Crippen LogP contribution is 2.18. The molecular formula is C11H15ClF3N5O. The Morgan fingerprint density at radius 3 is 2.57 bits per heavy atom. The van der Waals surface area contributed by atoms with Crippen LogP contribution in [0.1, 0.15) is 12.8 Å². The first-order chi connectivity index (χ1) is 9.94. The van der Waals surface area contributed by atoms with E-state index in [1.165, 1.54) is 0 Å². The molecule has 0 saturated carbocycles. The number of alkyl halides is 3. The van der Waals surface area contributed by atoms with Gasteiger partial charge in [0.1, 0.15) is 6.61 Å². The molecule has 1 fully saturated rings. The van der Waals surface area contributed by atoms with Crippen LogP contribution in [0.5, 0.6) is 0 Å². The second-order valence-corrected chi connectivity index (χ2v) is 4.85. The Bertz CT molecular complexity index is 468. The Kier molecular flexibility index (Phi) is 5.40. The summed E-state index contributed by atoms with van der Waals surface area (Å²) in [4.78, 5) is 14.1. The third-order valence-corrected chi connectivity index (χ3v) is 2.95. The van der Waals surface area contributed by atoms with Crippen LogP contribution < -0.4 is 10.2 Å². The summed E-state index contributed by atoms with van der Waals surface area (Å²) in [5, 5.41) is 2.82. The third kappa shape index (κ3) is 5.50. The molecule has 0 bridgehead atoms. The van der Waals surface area contributed by atoms with E-state index in [4.69, 9.17) is 11.6 Å². The predicted molar refractivity (Wildman–Crippen MR) is 71.6 cm³/mol. The van der Waals surface area contributed by atoms with Gasteiger partial charge in [-0.05, 0) is 24.4 Å². The molecular weight excluding hydrogens is 311 g/mol. The van der Waals surface area contributed by atoms with E-state index in [-0.39, 0.29) is 24.4 Å². The number of nitrogens with zero attached hydrogens (tertiary/aromatic N) is 4. The Morgan fingerprint density at radius 1 is 1.19 bits per heavy atom. The van der Waals surface area contributed by atoms with Crippen molar-refractivity contribution in [3.05, 3.63) is 5.28 Å². The van der Waals surface area contributed by atoms with E-state index in [9.17, 15) is 13.2 Å². The molecule has 1 aliphatic heterocycles. The van der Waals surface area contributed by atoms with E-state index >= 15 is 0 Å². The molecule has 0 radical (unpaired) electrons. The van der Waals surface area contributed by atoms with Gasteiger partial charge in [-0.15, -0.1) is 0 Å². The molecule has 21 heavy (non-hydrogen) atoms. The van der Waals surface area contributed by atoms with Gasteiger partial charge < -0.3 is 15.0 Å². The third-order valence-electron chi connectivity index (χ3n) is 2.78. The molecule has 2 heterocycles. The van der Waals surface area contributed by atoms with Crippen molar-refractivity contribution in [1.29, 1.82) is 0 Å². The summed E-state index contributed by atoms with van der Waals surface area (Å²) in [6.45, 7) is 0.479. The highest BCUT2D eigenvalue weighted by Gasteiger charge is 2.27. The number of nitrogens with one attached hydrogen (secondary N) is 1. The minimum Gasteiger partial charge on any atom is -0.370 e. The van der Waals surface area contributed by atoms with E-state index in [1.807, 2.05) is 4.90 Å². The fourth-order valence-corrected chi connectivity index (χ4v) is 2.06. The molecule has 1 aliphatic rings. The zero-order chi connectivity index (χ0) is 15.3. The zero-order valence-electron chi connectivity index (χ0n) is 11.2. The number of halogens is 4. The molecule has 0 unspecified atom stereocenters. The number of hydrogen-bond donors (Lipinski definition) is 1. The van der Waals surface area contributed by atoms with Crippen molar-refractivity contribution in [1.82, 2.24) is 15.0 Å². The van der Waals surface area contributed by atoms with E-state index < -0.39 is 12.8 Å². The van der Waals surface area contributed by atoms with Gasteiger partial charge in [0.05, 0.1) is 6.61 Å². The Hall–Kier alpha value is -1.35. The summed E-state index contributed by atoms with van der Waals surface area (Å²) in [6, 6.07) is 0. The van der Waals surface area contributed by atoms with Crippen molar-refractivity contribution in [2.45, 2.75) is 19.0 Å². The molecule has 1 aromatic rings. The Labute approximate surface area is 124 Å². The van der Waals surface area contributed by atoms with Gasteiger partial charge in [-0.1, -0.05) is 0 Å². The first-order valence-corrected chi connectivity index (χ1v) is 6.87. The molecule has 118 valence electrons. The van der Waals surface area contributed by atoms with Gasteiger partial charge in [0.2, 0.25) is 17.2 Å². The van der Waals surface area contributed by atoms with E-state index in [0.29, 0.717) is 5.95 Å². The van der Waals surface area contributed by atoms with Crippen LogP contribution in [0.4, 0.5) is 25.1 Å². The van der Waals surface area contributed by atoms with Crippen molar-refractivity contribution >= 4 is 23.5 Å². The molecule has 2 rings (SSSR count). The number of ether oxygens (including phenoxy) is 1. The molecule has 0 spiro atoms. The lowest BCUT2D eigenvalue weighted by atomic mass is 10.4. The summed E-state index contributed by atoms with van der Waals surface area (Å²) in [5.74, 6) is 0.707. The monoisotopic (exact) mass is 325 g/mol. The van der Waals surface area contributed by atoms with E-state index in [0.717, 1.165) is 25.9 Å². The number of anilines is 2. The summed E-state index contributed by atoms with van der Waals surface area (Å²) < 4.78 is 40.1. The van der Waals surface area contributed by atoms with Crippen LogP contribution in [0.3, 0.4) is 0 Å². The van der Waals surface area contributed by atoms with Gasteiger partial charge in [-0.3, -0.25) is 0 Å². The Balaban J connectivity index is 1.82. The largest absolute Gasteiger partial charge is 0.411 e. The van der Waals surface area contributed by atoms with Crippen LogP contribution in [0.25, 0.3) is 0 Å². The highest BCUT2D eigenvalue weighted by molar-refractivity contribution is 6.28. The molecule has 6 nitrogen and oxygen atoms in total. The number of aromatic nitrogens is 3. The summed E-state index contributed by atoms with van der Waals surface area (Å²) in [6.07, 6.45) is -2.19.